The lowest BCUT2D eigenvalue weighted by atomic mass is 10.1. The molecule has 7 heteroatoms. The number of aryl methyl sites for hydroxylation is 1. The van der Waals surface area contributed by atoms with E-state index in [9.17, 15) is 4.79 Å². The van der Waals surface area contributed by atoms with Gasteiger partial charge in [0.2, 0.25) is 11.9 Å². The third kappa shape index (κ3) is 4.73. The van der Waals surface area contributed by atoms with Gasteiger partial charge in [0.05, 0.1) is 18.9 Å². The first-order chi connectivity index (χ1) is 14.6. The molecule has 0 atom stereocenters. The highest BCUT2D eigenvalue weighted by molar-refractivity contribution is 5.76. The fourth-order valence-corrected chi connectivity index (χ4v) is 4.14. The molecule has 0 spiro atoms. The smallest absolute Gasteiger partial charge is 0.227 e. The van der Waals surface area contributed by atoms with Gasteiger partial charge in [0.15, 0.2) is 0 Å². The molecule has 1 aromatic carbocycles. The second-order valence-electron chi connectivity index (χ2n) is 8.13. The Labute approximate surface area is 178 Å². The van der Waals surface area contributed by atoms with Crippen LogP contribution in [-0.4, -0.2) is 74.3 Å². The number of anilines is 2. The highest BCUT2D eigenvalue weighted by Crippen LogP contribution is 2.26. The fraction of sp³-hybridized carbons (Fsp3) is 0.522. The van der Waals surface area contributed by atoms with Crippen molar-refractivity contribution >= 4 is 17.7 Å². The Hall–Kier alpha value is -2.67. The topological polar surface area (TPSA) is 61.8 Å². The summed E-state index contributed by atoms with van der Waals surface area (Å²) in [7, 11) is 4.05. The highest BCUT2D eigenvalue weighted by Gasteiger charge is 2.25. The van der Waals surface area contributed by atoms with E-state index in [1.165, 1.54) is 11.1 Å². The Balaban J connectivity index is 1.47. The normalized spacial score (nSPS) is 16.7. The number of carbonyl (C=O) groups is 1. The van der Waals surface area contributed by atoms with Gasteiger partial charge < -0.3 is 19.4 Å². The lowest BCUT2D eigenvalue weighted by Gasteiger charge is -2.28. The Morgan fingerprint density at radius 1 is 1.03 bits per heavy atom. The van der Waals surface area contributed by atoms with Crippen LogP contribution >= 0.6 is 0 Å². The number of aromatic nitrogens is 2. The van der Waals surface area contributed by atoms with Crippen molar-refractivity contribution in [1.29, 1.82) is 0 Å². The van der Waals surface area contributed by atoms with Crippen LogP contribution in [0.2, 0.25) is 0 Å². The molecule has 1 aromatic heterocycles. The first-order valence-electron chi connectivity index (χ1n) is 10.8. The van der Waals surface area contributed by atoms with E-state index in [-0.39, 0.29) is 5.91 Å². The lowest BCUT2D eigenvalue weighted by molar-refractivity contribution is -0.131. The third-order valence-electron chi connectivity index (χ3n) is 5.85. The predicted molar refractivity (Wildman–Crippen MR) is 118 cm³/mol. The van der Waals surface area contributed by atoms with Gasteiger partial charge in [-0.1, -0.05) is 30.3 Å². The van der Waals surface area contributed by atoms with Crippen molar-refractivity contribution in [2.75, 3.05) is 63.3 Å². The summed E-state index contributed by atoms with van der Waals surface area (Å²) in [5.41, 5.74) is 3.46. The molecular formula is C23H31N5O2. The summed E-state index contributed by atoms with van der Waals surface area (Å²) >= 11 is 0. The number of fused-ring (bicyclic) bond motifs is 1. The van der Waals surface area contributed by atoms with Crippen molar-refractivity contribution in [1.82, 2.24) is 14.9 Å². The van der Waals surface area contributed by atoms with Crippen LogP contribution in [0.25, 0.3) is 0 Å². The van der Waals surface area contributed by atoms with Crippen molar-refractivity contribution in [2.24, 2.45) is 0 Å². The Morgan fingerprint density at radius 2 is 1.77 bits per heavy atom. The highest BCUT2D eigenvalue weighted by atomic mass is 16.5. The van der Waals surface area contributed by atoms with E-state index >= 15 is 0 Å². The number of hydrogen-bond acceptors (Lipinski definition) is 6. The standard InChI is InChI=1S/C23H31N5O2/c1-26(2)22-19-10-12-27(21(29)9-8-18-6-4-3-5-7-18)13-11-20(19)24-23(25-22)28-14-16-30-17-15-28/h3-7H,8-17H2,1-2H3. The molecule has 7 nitrogen and oxygen atoms in total. The maximum atomic E-state index is 12.9. The van der Waals surface area contributed by atoms with Gasteiger partial charge in [-0.2, -0.15) is 4.98 Å². The summed E-state index contributed by atoms with van der Waals surface area (Å²) in [5.74, 6) is 1.98. The van der Waals surface area contributed by atoms with Gasteiger partial charge >= 0.3 is 0 Å². The Morgan fingerprint density at radius 3 is 2.50 bits per heavy atom. The molecule has 0 unspecified atom stereocenters. The summed E-state index contributed by atoms with van der Waals surface area (Å²) in [6.07, 6.45) is 2.90. The van der Waals surface area contributed by atoms with Crippen molar-refractivity contribution in [3.8, 4) is 0 Å². The largest absolute Gasteiger partial charge is 0.378 e. The van der Waals surface area contributed by atoms with E-state index in [0.717, 1.165) is 56.4 Å². The van der Waals surface area contributed by atoms with Gasteiger partial charge in [0.25, 0.3) is 0 Å². The van der Waals surface area contributed by atoms with Crippen LogP contribution in [-0.2, 0) is 28.8 Å². The van der Waals surface area contributed by atoms with Gasteiger partial charge in [-0.15, -0.1) is 0 Å². The van der Waals surface area contributed by atoms with Crippen LogP contribution in [0.4, 0.5) is 11.8 Å². The van der Waals surface area contributed by atoms with E-state index in [1.807, 2.05) is 37.2 Å². The Bertz CT molecular complexity index is 865. The average molecular weight is 410 g/mol. The van der Waals surface area contributed by atoms with Gasteiger partial charge in [0, 0.05) is 58.7 Å². The molecule has 3 heterocycles. The molecule has 0 bridgehead atoms. The maximum Gasteiger partial charge on any atom is 0.227 e. The van der Waals surface area contributed by atoms with Crippen molar-refractivity contribution in [2.45, 2.75) is 25.7 Å². The minimum Gasteiger partial charge on any atom is -0.378 e. The van der Waals surface area contributed by atoms with Crippen LogP contribution in [0, 0.1) is 0 Å². The quantitative estimate of drug-likeness (QED) is 0.752. The summed E-state index contributed by atoms with van der Waals surface area (Å²) in [4.78, 5) is 28.9. The van der Waals surface area contributed by atoms with E-state index < -0.39 is 0 Å². The Kier molecular flexibility index (Phi) is 6.47. The third-order valence-corrected chi connectivity index (χ3v) is 5.85. The monoisotopic (exact) mass is 409 g/mol. The number of rotatable bonds is 5. The minimum absolute atomic E-state index is 0.222. The molecule has 160 valence electrons. The molecule has 0 radical (unpaired) electrons. The minimum atomic E-state index is 0.222. The van der Waals surface area contributed by atoms with Crippen LogP contribution in [0.1, 0.15) is 23.2 Å². The average Bonchev–Trinajstić information content (AvgIpc) is 3.01. The van der Waals surface area contributed by atoms with Gasteiger partial charge in [-0.3, -0.25) is 4.79 Å². The molecule has 2 aliphatic rings. The van der Waals surface area contributed by atoms with Gasteiger partial charge in [0.1, 0.15) is 5.82 Å². The molecule has 4 rings (SSSR count). The maximum absolute atomic E-state index is 12.9. The molecule has 0 aliphatic carbocycles. The predicted octanol–water partition coefficient (Wildman–Crippen LogP) is 1.94. The SMILES string of the molecule is CN(C)c1nc(N2CCOCC2)nc2c1CCN(C(=O)CCc1ccccc1)CC2. The molecule has 1 saturated heterocycles. The van der Waals surface area contributed by atoms with Crippen LogP contribution < -0.4 is 9.80 Å². The molecule has 30 heavy (non-hydrogen) atoms. The van der Waals surface area contributed by atoms with Crippen LogP contribution in [0.5, 0.6) is 0 Å². The zero-order valence-electron chi connectivity index (χ0n) is 18.0. The molecule has 2 aliphatic heterocycles. The fourth-order valence-electron chi connectivity index (χ4n) is 4.14. The van der Waals surface area contributed by atoms with Crippen molar-refractivity contribution in [3.05, 3.63) is 47.2 Å². The zero-order valence-corrected chi connectivity index (χ0v) is 18.0. The van der Waals surface area contributed by atoms with E-state index in [2.05, 4.69) is 21.9 Å². The molecule has 2 aromatic rings. The number of ether oxygens (including phenoxy) is 1. The molecule has 0 N–H and O–H groups in total. The van der Waals surface area contributed by atoms with E-state index in [0.29, 0.717) is 26.2 Å². The van der Waals surface area contributed by atoms with Crippen molar-refractivity contribution in [3.63, 3.8) is 0 Å². The first kappa shape index (κ1) is 20.6. The first-order valence-corrected chi connectivity index (χ1v) is 10.8. The van der Waals surface area contributed by atoms with Gasteiger partial charge in [-0.25, -0.2) is 4.98 Å². The van der Waals surface area contributed by atoms with Crippen LogP contribution in [0.3, 0.4) is 0 Å². The van der Waals surface area contributed by atoms with Gasteiger partial charge in [-0.05, 0) is 18.4 Å². The molecule has 1 fully saturated rings. The second kappa shape index (κ2) is 9.43. The molecular weight excluding hydrogens is 378 g/mol. The number of hydrogen-bond donors (Lipinski definition) is 0. The second-order valence-corrected chi connectivity index (χ2v) is 8.13. The van der Waals surface area contributed by atoms with E-state index in [4.69, 9.17) is 14.7 Å². The molecule has 1 amide bonds. The van der Waals surface area contributed by atoms with E-state index in [1.54, 1.807) is 0 Å². The number of carbonyl (C=O) groups excluding carboxylic acids is 1. The number of nitrogens with zero attached hydrogens (tertiary/aromatic N) is 5. The number of morpholine rings is 1. The lowest BCUT2D eigenvalue weighted by Crippen LogP contribution is -2.38. The summed E-state index contributed by atoms with van der Waals surface area (Å²) in [5, 5.41) is 0. The van der Waals surface area contributed by atoms with Crippen LogP contribution in [0.15, 0.2) is 30.3 Å². The number of amides is 1. The van der Waals surface area contributed by atoms with Crippen molar-refractivity contribution < 1.29 is 9.53 Å². The summed E-state index contributed by atoms with van der Waals surface area (Å²) in [6.45, 7) is 4.49. The summed E-state index contributed by atoms with van der Waals surface area (Å²) < 4.78 is 5.48. The summed E-state index contributed by atoms with van der Waals surface area (Å²) in [6, 6.07) is 10.2. The zero-order chi connectivity index (χ0) is 20.9. The number of benzene rings is 1. The molecule has 0 saturated carbocycles.